The van der Waals surface area contributed by atoms with Crippen LogP contribution in [0.25, 0.3) is 0 Å². The van der Waals surface area contributed by atoms with E-state index in [0.717, 1.165) is 13.0 Å². The Hall–Kier alpha value is -0.610. The highest BCUT2D eigenvalue weighted by Crippen LogP contribution is 2.06. The summed E-state index contributed by atoms with van der Waals surface area (Å²) in [5.74, 6) is 0.589. The molecule has 0 aliphatic rings. The molecule has 0 aromatic heterocycles. The first-order valence-corrected chi connectivity index (χ1v) is 6.87. The molecule has 1 amide bonds. The van der Waals surface area contributed by atoms with Crippen LogP contribution in [0.15, 0.2) is 0 Å². The number of amides is 1. The Morgan fingerprint density at radius 1 is 1.28 bits per heavy atom. The molecule has 18 heavy (non-hydrogen) atoms. The molecule has 0 radical (unpaired) electrons. The summed E-state index contributed by atoms with van der Waals surface area (Å²) in [6.07, 6.45) is 0.935. The van der Waals surface area contributed by atoms with Crippen LogP contribution in [0.4, 0.5) is 0 Å². The minimum atomic E-state index is -0.117. The normalized spacial score (nSPS) is 14.1. The number of likely N-dealkylation sites (N-methyl/N-ethyl adjacent to an activating group) is 1. The van der Waals surface area contributed by atoms with Gasteiger partial charge in [-0.1, -0.05) is 20.8 Å². The molecule has 0 aliphatic carbocycles. The molecule has 0 bridgehead atoms. The first-order chi connectivity index (χ1) is 8.18. The van der Waals surface area contributed by atoms with Crippen molar-refractivity contribution in [1.29, 1.82) is 0 Å². The van der Waals surface area contributed by atoms with E-state index in [0.29, 0.717) is 18.5 Å². The van der Waals surface area contributed by atoms with E-state index in [1.165, 1.54) is 0 Å². The lowest BCUT2D eigenvalue weighted by Gasteiger charge is -2.28. The van der Waals surface area contributed by atoms with E-state index in [1.807, 2.05) is 13.8 Å². The molecule has 4 heteroatoms. The molecule has 0 fully saturated rings. The fourth-order valence-corrected chi connectivity index (χ4v) is 1.64. The third-order valence-electron chi connectivity index (χ3n) is 3.25. The van der Waals surface area contributed by atoms with Crippen LogP contribution >= 0.6 is 0 Å². The fourth-order valence-electron chi connectivity index (χ4n) is 1.64. The second kappa shape index (κ2) is 7.74. The lowest BCUT2D eigenvalue weighted by molar-refractivity contribution is -0.122. The van der Waals surface area contributed by atoms with E-state index in [1.54, 1.807) is 0 Å². The smallest absolute Gasteiger partial charge is 0.234 e. The van der Waals surface area contributed by atoms with Crippen molar-refractivity contribution in [3.63, 3.8) is 0 Å². The van der Waals surface area contributed by atoms with Gasteiger partial charge in [0.2, 0.25) is 5.91 Å². The first-order valence-electron chi connectivity index (χ1n) is 6.87. The van der Waals surface area contributed by atoms with E-state index in [-0.39, 0.29) is 11.4 Å². The highest BCUT2D eigenvalue weighted by molar-refractivity contribution is 5.78. The quantitative estimate of drug-likeness (QED) is 0.692. The number of nitrogens with zero attached hydrogens (tertiary/aromatic N) is 1. The topological polar surface area (TPSA) is 44.4 Å². The summed E-state index contributed by atoms with van der Waals surface area (Å²) in [6.45, 7) is 11.9. The summed E-state index contributed by atoms with van der Waals surface area (Å²) in [7, 11) is 4.11. The zero-order chi connectivity index (χ0) is 14.3. The van der Waals surface area contributed by atoms with Gasteiger partial charge in [0, 0.05) is 18.1 Å². The van der Waals surface area contributed by atoms with Gasteiger partial charge in [0.05, 0.1) is 6.54 Å². The Balaban J connectivity index is 4.15. The molecule has 0 aliphatic heterocycles. The summed E-state index contributed by atoms with van der Waals surface area (Å²) in [6, 6.07) is 0.343. The second-order valence-electron chi connectivity index (χ2n) is 6.28. The lowest BCUT2D eigenvalue weighted by Crippen LogP contribution is -2.50. The molecule has 1 unspecified atom stereocenters. The third-order valence-corrected chi connectivity index (χ3v) is 3.25. The van der Waals surface area contributed by atoms with Gasteiger partial charge in [0.15, 0.2) is 0 Å². The van der Waals surface area contributed by atoms with Gasteiger partial charge in [-0.3, -0.25) is 4.79 Å². The van der Waals surface area contributed by atoms with Gasteiger partial charge in [0.1, 0.15) is 0 Å². The Morgan fingerprint density at radius 2 is 1.83 bits per heavy atom. The predicted octanol–water partition coefficient (Wildman–Crippen LogP) is 1.47. The van der Waals surface area contributed by atoms with Crippen LogP contribution in [0, 0.1) is 5.92 Å². The van der Waals surface area contributed by atoms with Gasteiger partial charge in [-0.2, -0.15) is 0 Å². The minimum absolute atomic E-state index is 0.0752. The maximum atomic E-state index is 11.8. The van der Waals surface area contributed by atoms with Crippen molar-refractivity contribution in [2.24, 2.45) is 5.92 Å². The van der Waals surface area contributed by atoms with E-state index in [9.17, 15) is 4.79 Å². The number of hydrogen-bond donors (Lipinski definition) is 2. The SMILES string of the molecule is CCC(C)(C)NC(=O)CNC(CN(C)C)C(C)C. The molecule has 0 aromatic rings. The first kappa shape index (κ1) is 17.4. The van der Waals surface area contributed by atoms with E-state index in [2.05, 4.69) is 50.4 Å². The van der Waals surface area contributed by atoms with Crippen LogP contribution in [-0.2, 0) is 4.79 Å². The van der Waals surface area contributed by atoms with Crippen LogP contribution in [-0.4, -0.2) is 49.6 Å². The summed E-state index contributed by atoms with van der Waals surface area (Å²) < 4.78 is 0. The number of carbonyl (C=O) groups excluding carboxylic acids is 1. The summed E-state index contributed by atoms with van der Waals surface area (Å²) in [4.78, 5) is 14.0. The Morgan fingerprint density at radius 3 is 2.22 bits per heavy atom. The van der Waals surface area contributed by atoms with Crippen molar-refractivity contribution < 1.29 is 4.79 Å². The van der Waals surface area contributed by atoms with Crippen molar-refractivity contribution in [3.05, 3.63) is 0 Å². The van der Waals surface area contributed by atoms with Crippen LogP contribution in [0.5, 0.6) is 0 Å². The van der Waals surface area contributed by atoms with Gasteiger partial charge in [-0.05, 0) is 40.3 Å². The third kappa shape index (κ3) is 7.67. The van der Waals surface area contributed by atoms with Crippen molar-refractivity contribution in [2.45, 2.75) is 52.6 Å². The molecule has 0 spiro atoms. The lowest BCUT2D eigenvalue weighted by atomic mass is 10.0. The van der Waals surface area contributed by atoms with Gasteiger partial charge in [0.25, 0.3) is 0 Å². The Labute approximate surface area is 113 Å². The van der Waals surface area contributed by atoms with Crippen molar-refractivity contribution in [1.82, 2.24) is 15.5 Å². The molecule has 4 nitrogen and oxygen atoms in total. The maximum absolute atomic E-state index is 11.8. The highest BCUT2D eigenvalue weighted by Gasteiger charge is 2.19. The Kier molecular flexibility index (Phi) is 7.48. The van der Waals surface area contributed by atoms with Gasteiger partial charge < -0.3 is 15.5 Å². The molecule has 0 saturated heterocycles. The van der Waals surface area contributed by atoms with Crippen LogP contribution < -0.4 is 10.6 Å². The molecule has 0 saturated carbocycles. The largest absolute Gasteiger partial charge is 0.350 e. The van der Waals surface area contributed by atoms with Crippen molar-refractivity contribution >= 4 is 5.91 Å². The monoisotopic (exact) mass is 257 g/mol. The molecule has 0 rings (SSSR count). The summed E-state index contributed by atoms with van der Waals surface area (Å²) in [5.41, 5.74) is -0.117. The number of carbonyl (C=O) groups is 1. The van der Waals surface area contributed by atoms with Gasteiger partial charge >= 0.3 is 0 Å². The molecule has 1 atom stereocenters. The standard InChI is InChI=1S/C14H31N3O/c1-8-14(4,5)16-13(18)9-15-12(11(2)3)10-17(6)7/h11-12,15H,8-10H2,1-7H3,(H,16,18). The molecule has 0 aromatic carbocycles. The molecule has 2 N–H and O–H groups in total. The Bertz CT molecular complexity index is 249. The van der Waals surface area contributed by atoms with Crippen molar-refractivity contribution in [2.75, 3.05) is 27.2 Å². The average molecular weight is 257 g/mol. The summed E-state index contributed by atoms with van der Waals surface area (Å²) >= 11 is 0. The number of hydrogen-bond acceptors (Lipinski definition) is 3. The van der Waals surface area contributed by atoms with E-state index >= 15 is 0 Å². The second-order valence-corrected chi connectivity index (χ2v) is 6.28. The summed E-state index contributed by atoms with van der Waals surface area (Å²) in [5, 5.41) is 6.38. The molecular formula is C14H31N3O. The molecular weight excluding hydrogens is 226 g/mol. The number of rotatable bonds is 8. The highest BCUT2D eigenvalue weighted by atomic mass is 16.2. The zero-order valence-corrected chi connectivity index (χ0v) is 13.1. The van der Waals surface area contributed by atoms with Gasteiger partial charge in [-0.25, -0.2) is 0 Å². The predicted molar refractivity (Wildman–Crippen MR) is 77.7 cm³/mol. The van der Waals surface area contributed by atoms with Crippen LogP contribution in [0.1, 0.15) is 41.0 Å². The van der Waals surface area contributed by atoms with E-state index in [4.69, 9.17) is 0 Å². The van der Waals surface area contributed by atoms with Crippen LogP contribution in [0.3, 0.4) is 0 Å². The zero-order valence-electron chi connectivity index (χ0n) is 13.1. The maximum Gasteiger partial charge on any atom is 0.234 e. The fraction of sp³-hybridized carbons (Fsp3) is 0.929. The average Bonchev–Trinajstić information content (AvgIpc) is 2.22. The van der Waals surface area contributed by atoms with E-state index < -0.39 is 0 Å². The molecule has 0 heterocycles. The van der Waals surface area contributed by atoms with Crippen molar-refractivity contribution in [3.8, 4) is 0 Å². The number of nitrogens with one attached hydrogen (secondary N) is 2. The molecule has 108 valence electrons. The van der Waals surface area contributed by atoms with Gasteiger partial charge in [-0.15, -0.1) is 0 Å². The van der Waals surface area contributed by atoms with Crippen LogP contribution in [0.2, 0.25) is 0 Å². The minimum Gasteiger partial charge on any atom is -0.350 e.